The molecule has 0 radical (unpaired) electrons. The molecule has 0 unspecified atom stereocenters. The number of amides is 1. The van der Waals surface area contributed by atoms with E-state index in [1.165, 1.54) is 0 Å². The molecule has 2 heterocycles. The third kappa shape index (κ3) is 4.26. The third-order valence-electron chi connectivity index (χ3n) is 4.67. The number of nitrogens with zero attached hydrogens (tertiary/aromatic N) is 3. The fourth-order valence-electron chi connectivity index (χ4n) is 3.30. The number of piperidine rings is 1. The first-order chi connectivity index (χ1) is 12.6. The van der Waals surface area contributed by atoms with Gasteiger partial charge in [-0.05, 0) is 30.9 Å². The first-order valence-electron chi connectivity index (χ1n) is 8.66. The van der Waals surface area contributed by atoms with E-state index in [2.05, 4.69) is 21.3 Å². The Balaban J connectivity index is 1.64. The van der Waals surface area contributed by atoms with Crippen LogP contribution >= 0.6 is 0 Å². The Morgan fingerprint density at radius 1 is 1.35 bits per heavy atom. The van der Waals surface area contributed by atoms with Crippen LogP contribution in [0, 0.1) is 17.2 Å². The highest BCUT2D eigenvalue weighted by Crippen LogP contribution is 2.28. The average molecular weight is 358 g/mol. The highest BCUT2D eigenvalue weighted by Gasteiger charge is 2.24. The van der Waals surface area contributed by atoms with Crippen LogP contribution in [0.4, 0.5) is 14.6 Å². The van der Waals surface area contributed by atoms with Crippen LogP contribution in [0.15, 0.2) is 30.3 Å². The van der Waals surface area contributed by atoms with Crippen molar-refractivity contribution in [2.24, 2.45) is 5.92 Å². The van der Waals surface area contributed by atoms with Gasteiger partial charge in [0.1, 0.15) is 11.9 Å². The van der Waals surface area contributed by atoms with Crippen LogP contribution in [-0.2, 0) is 4.79 Å². The molecule has 3 rings (SSSR count). The van der Waals surface area contributed by atoms with Crippen LogP contribution in [0.5, 0.6) is 0 Å². The number of halogens is 2. The average Bonchev–Trinajstić information content (AvgIpc) is 2.66. The Labute approximate surface area is 150 Å². The van der Waals surface area contributed by atoms with Gasteiger partial charge in [0.2, 0.25) is 5.91 Å². The van der Waals surface area contributed by atoms with Gasteiger partial charge in [0.05, 0.1) is 17.6 Å². The number of alkyl halides is 2. The summed E-state index contributed by atoms with van der Waals surface area (Å²) in [6.45, 7) is 0.782. The van der Waals surface area contributed by atoms with Gasteiger partial charge < -0.3 is 10.2 Å². The molecule has 0 saturated carbocycles. The minimum absolute atomic E-state index is 0.162. The second-order valence-corrected chi connectivity index (χ2v) is 6.49. The standard InChI is InChI=1S/C19H20F2N4O/c20-17(21)12-23-18(26)9-13-5-7-25(8-6-13)19-15(11-22)10-14-3-1-2-4-16(14)24-19/h1-4,10,13,17H,5-9,12H2,(H,23,26). The lowest BCUT2D eigenvalue weighted by molar-refractivity contribution is -0.122. The highest BCUT2D eigenvalue weighted by molar-refractivity contribution is 5.83. The van der Waals surface area contributed by atoms with Crippen LogP contribution in [0.1, 0.15) is 24.8 Å². The molecule has 0 spiro atoms. The molecular formula is C19H20F2N4O. The predicted molar refractivity (Wildman–Crippen MR) is 95.0 cm³/mol. The lowest BCUT2D eigenvalue weighted by Gasteiger charge is -2.33. The monoisotopic (exact) mass is 358 g/mol. The number of benzene rings is 1. The summed E-state index contributed by atoms with van der Waals surface area (Å²) < 4.78 is 24.3. The summed E-state index contributed by atoms with van der Waals surface area (Å²) in [5, 5.41) is 12.6. The maximum Gasteiger partial charge on any atom is 0.255 e. The largest absolute Gasteiger partial charge is 0.355 e. The summed E-state index contributed by atoms with van der Waals surface area (Å²) in [7, 11) is 0. The molecular weight excluding hydrogens is 338 g/mol. The summed E-state index contributed by atoms with van der Waals surface area (Å²) in [6.07, 6.45) is -0.732. The molecule has 1 N–H and O–H groups in total. The van der Waals surface area contributed by atoms with Gasteiger partial charge in [-0.1, -0.05) is 18.2 Å². The zero-order chi connectivity index (χ0) is 18.5. The molecule has 1 aliphatic heterocycles. The number of carbonyl (C=O) groups is 1. The first-order valence-corrected chi connectivity index (χ1v) is 8.66. The van der Waals surface area contributed by atoms with Gasteiger partial charge >= 0.3 is 0 Å². The molecule has 0 aliphatic carbocycles. The number of fused-ring (bicyclic) bond motifs is 1. The SMILES string of the molecule is N#Cc1cc2ccccc2nc1N1CCC(CC(=O)NCC(F)F)CC1. The summed E-state index contributed by atoms with van der Waals surface area (Å²) in [5.41, 5.74) is 1.38. The predicted octanol–water partition coefficient (Wildman–Crippen LogP) is 3.09. The molecule has 0 bridgehead atoms. The molecule has 2 aromatic rings. The van der Waals surface area contributed by atoms with Crippen LogP contribution in [0.2, 0.25) is 0 Å². The number of anilines is 1. The molecule has 1 fully saturated rings. The van der Waals surface area contributed by atoms with E-state index in [0.717, 1.165) is 23.7 Å². The van der Waals surface area contributed by atoms with Crippen molar-refractivity contribution in [2.45, 2.75) is 25.7 Å². The van der Waals surface area contributed by atoms with Crippen molar-refractivity contribution in [2.75, 3.05) is 24.5 Å². The molecule has 1 aromatic carbocycles. The lowest BCUT2D eigenvalue weighted by atomic mass is 9.93. The summed E-state index contributed by atoms with van der Waals surface area (Å²) >= 11 is 0. The molecule has 1 aliphatic rings. The van der Waals surface area contributed by atoms with Gasteiger partial charge in [-0.2, -0.15) is 5.26 Å². The fourth-order valence-corrected chi connectivity index (χ4v) is 3.30. The number of para-hydroxylation sites is 1. The van der Waals surface area contributed by atoms with Crippen LogP contribution < -0.4 is 10.2 Å². The maximum absolute atomic E-state index is 12.1. The number of pyridine rings is 1. The van der Waals surface area contributed by atoms with E-state index in [9.17, 15) is 18.8 Å². The van der Waals surface area contributed by atoms with E-state index in [1.807, 2.05) is 30.3 Å². The molecule has 1 amide bonds. The molecule has 1 saturated heterocycles. The first kappa shape index (κ1) is 18.1. The summed E-state index contributed by atoms with van der Waals surface area (Å²) in [4.78, 5) is 18.4. The highest BCUT2D eigenvalue weighted by atomic mass is 19.3. The Kier molecular flexibility index (Phi) is 5.61. The topological polar surface area (TPSA) is 69.0 Å². The van der Waals surface area contributed by atoms with E-state index in [0.29, 0.717) is 24.5 Å². The second kappa shape index (κ2) is 8.09. The van der Waals surface area contributed by atoms with Crippen molar-refractivity contribution in [1.82, 2.24) is 10.3 Å². The van der Waals surface area contributed by atoms with Gasteiger partial charge in [-0.25, -0.2) is 13.8 Å². The van der Waals surface area contributed by atoms with Crippen molar-refractivity contribution >= 4 is 22.6 Å². The number of rotatable bonds is 5. The van der Waals surface area contributed by atoms with Crippen molar-refractivity contribution in [3.8, 4) is 6.07 Å². The molecule has 0 atom stereocenters. The lowest BCUT2D eigenvalue weighted by Crippen LogP contribution is -2.37. The molecule has 5 nitrogen and oxygen atoms in total. The smallest absolute Gasteiger partial charge is 0.255 e. The van der Waals surface area contributed by atoms with E-state index >= 15 is 0 Å². The Bertz CT molecular complexity index is 826. The van der Waals surface area contributed by atoms with Gasteiger partial charge in [-0.15, -0.1) is 0 Å². The minimum atomic E-state index is -2.52. The van der Waals surface area contributed by atoms with Crippen LogP contribution in [-0.4, -0.2) is 37.0 Å². The van der Waals surface area contributed by atoms with Crippen LogP contribution in [0.25, 0.3) is 10.9 Å². The molecule has 136 valence electrons. The Hall–Kier alpha value is -2.75. The molecule has 1 aromatic heterocycles. The second-order valence-electron chi connectivity index (χ2n) is 6.49. The normalized spacial score (nSPS) is 15.2. The van der Waals surface area contributed by atoms with Gasteiger partial charge in [0, 0.05) is 24.9 Å². The number of hydrogen-bond donors (Lipinski definition) is 1. The van der Waals surface area contributed by atoms with Gasteiger partial charge in [-0.3, -0.25) is 4.79 Å². The van der Waals surface area contributed by atoms with E-state index in [1.54, 1.807) is 0 Å². The van der Waals surface area contributed by atoms with Crippen molar-refractivity contribution in [1.29, 1.82) is 5.26 Å². The van der Waals surface area contributed by atoms with Crippen LogP contribution in [0.3, 0.4) is 0 Å². The third-order valence-corrected chi connectivity index (χ3v) is 4.67. The Morgan fingerprint density at radius 3 is 2.77 bits per heavy atom. The molecule has 7 heteroatoms. The number of nitriles is 1. The quantitative estimate of drug-likeness (QED) is 0.892. The van der Waals surface area contributed by atoms with Crippen molar-refractivity contribution in [3.63, 3.8) is 0 Å². The minimum Gasteiger partial charge on any atom is -0.355 e. The van der Waals surface area contributed by atoms with Gasteiger partial charge in [0.15, 0.2) is 0 Å². The molecule has 26 heavy (non-hydrogen) atoms. The van der Waals surface area contributed by atoms with Crippen molar-refractivity contribution in [3.05, 3.63) is 35.9 Å². The van der Waals surface area contributed by atoms with E-state index in [-0.39, 0.29) is 18.2 Å². The maximum atomic E-state index is 12.1. The van der Waals surface area contributed by atoms with E-state index < -0.39 is 13.0 Å². The zero-order valence-corrected chi connectivity index (χ0v) is 14.3. The zero-order valence-electron chi connectivity index (χ0n) is 14.3. The van der Waals surface area contributed by atoms with Gasteiger partial charge in [0.25, 0.3) is 6.43 Å². The number of hydrogen-bond acceptors (Lipinski definition) is 4. The fraction of sp³-hybridized carbons (Fsp3) is 0.421. The van der Waals surface area contributed by atoms with Crippen molar-refractivity contribution < 1.29 is 13.6 Å². The number of carbonyl (C=O) groups excluding carboxylic acids is 1. The summed E-state index contributed by atoms with van der Waals surface area (Å²) in [6, 6.07) is 11.7. The van der Waals surface area contributed by atoms with E-state index in [4.69, 9.17) is 0 Å². The summed E-state index contributed by atoms with van der Waals surface area (Å²) in [5.74, 6) is 0.506. The number of nitrogens with one attached hydrogen (secondary N) is 1. The Morgan fingerprint density at radius 2 is 2.08 bits per heavy atom. The number of aromatic nitrogens is 1.